The third-order valence-electron chi connectivity index (χ3n) is 2.42. The summed E-state index contributed by atoms with van der Waals surface area (Å²) in [7, 11) is 0. The molecule has 0 unspecified atom stereocenters. The van der Waals surface area contributed by atoms with Crippen LogP contribution in [0.1, 0.15) is 39.2 Å². The fourth-order valence-corrected chi connectivity index (χ4v) is 1.31. The molecule has 0 aromatic heterocycles. The van der Waals surface area contributed by atoms with Crippen molar-refractivity contribution in [2.24, 2.45) is 5.41 Å². The van der Waals surface area contributed by atoms with Crippen molar-refractivity contribution in [2.75, 3.05) is 0 Å². The van der Waals surface area contributed by atoms with Gasteiger partial charge in [-0.3, -0.25) is 4.79 Å². The van der Waals surface area contributed by atoms with Gasteiger partial charge < -0.3 is 9.84 Å². The minimum atomic E-state index is -0.173. The van der Waals surface area contributed by atoms with E-state index < -0.39 is 0 Å². The molecule has 3 heteroatoms. The largest absolute Gasteiger partial charge is 0.508 e. The monoisotopic (exact) mass is 236 g/mol. The summed E-state index contributed by atoms with van der Waals surface area (Å²) < 4.78 is 5.14. The zero-order chi connectivity index (χ0) is 12.9. The molecular formula is C14H20O3. The van der Waals surface area contributed by atoms with E-state index in [2.05, 4.69) is 20.8 Å². The molecule has 0 aliphatic carbocycles. The van der Waals surface area contributed by atoms with E-state index in [0.717, 1.165) is 12.0 Å². The van der Waals surface area contributed by atoms with Gasteiger partial charge in [-0.2, -0.15) is 0 Å². The molecule has 0 saturated heterocycles. The Morgan fingerprint density at radius 3 is 2.35 bits per heavy atom. The molecule has 0 aliphatic rings. The molecule has 0 atom stereocenters. The van der Waals surface area contributed by atoms with Gasteiger partial charge in [-0.05, 0) is 29.5 Å². The first-order chi connectivity index (χ1) is 7.87. The molecule has 3 nitrogen and oxygen atoms in total. The number of carbonyl (C=O) groups excluding carboxylic acids is 1. The Labute approximate surface area is 102 Å². The predicted octanol–water partition coefficient (Wildman–Crippen LogP) is 3.26. The van der Waals surface area contributed by atoms with E-state index in [-0.39, 0.29) is 23.7 Å². The summed E-state index contributed by atoms with van der Waals surface area (Å²) in [5, 5.41) is 9.10. The van der Waals surface area contributed by atoms with Crippen molar-refractivity contribution in [3.63, 3.8) is 0 Å². The molecule has 0 spiro atoms. The Kier molecular flexibility index (Phi) is 4.55. The lowest BCUT2D eigenvalue weighted by atomic mass is 9.91. The molecule has 0 amide bonds. The summed E-state index contributed by atoms with van der Waals surface area (Å²) in [6, 6.07) is 6.65. The maximum atomic E-state index is 11.5. The van der Waals surface area contributed by atoms with Crippen LogP contribution < -0.4 is 0 Å². The fraction of sp³-hybridized carbons (Fsp3) is 0.500. The van der Waals surface area contributed by atoms with Gasteiger partial charge in [-0.15, -0.1) is 0 Å². The van der Waals surface area contributed by atoms with Crippen LogP contribution in [-0.2, 0) is 16.1 Å². The molecule has 0 bridgehead atoms. The van der Waals surface area contributed by atoms with E-state index in [1.165, 1.54) is 0 Å². The highest BCUT2D eigenvalue weighted by atomic mass is 16.5. The van der Waals surface area contributed by atoms with Gasteiger partial charge in [0.15, 0.2) is 0 Å². The van der Waals surface area contributed by atoms with Gasteiger partial charge in [0.05, 0.1) is 0 Å². The second-order valence-corrected chi connectivity index (χ2v) is 5.39. The second-order valence-electron chi connectivity index (χ2n) is 5.39. The number of ether oxygens (including phenoxy) is 1. The Balaban J connectivity index is 2.31. The number of carbonyl (C=O) groups is 1. The van der Waals surface area contributed by atoms with E-state index in [0.29, 0.717) is 6.42 Å². The van der Waals surface area contributed by atoms with Crippen LogP contribution in [0.15, 0.2) is 24.3 Å². The lowest BCUT2D eigenvalue weighted by molar-refractivity contribution is -0.145. The zero-order valence-corrected chi connectivity index (χ0v) is 10.7. The lowest BCUT2D eigenvalue weighted by Gasteiger charge is -2.16. The number of phenols is 1. The first-order valence-electron chi connectivity index (χ1n) is 5.80. The summed E-state index contributed by atoms with van der Waals surface area (Å²) in [4.78, 5) is 11.5. The van der Waals surface area contributed by atoms with Crippen LogP contribution in [0.4, 0.5) is 0 Å². The molecule has 1 aromatic rings. The van der Waals surface area contributed by atoms with Crippen LogP contribution in [0.3, 0.4) is 0 Å². The quantitative estimate of drug-likeness (QED) is 0.816. The molecule has 0 heterocycles. The molecule has 0 saturated carbocycles. The van der Waals surface area contributed by atoms with Gasteiger partial charge in [0.2, 0.25) is 0 Å². The number of rotatable bonds is 4. The van der Waals surface area contributed by atoms with Gasteiger partial charge in [-0.25, -0.2) is 0 Å². The van der Waals surface area contributed by atoms with E-state index in [1.807, 2.05) is 0 Å². The maximum Gasteiger partial charge on any atom is 0.306 e. The van der Waals surface area contributed by atoms with Crippen molar-refractivity contribution in [3.05, 3.63) is 29.8 Å². The van der Waals surface area contributed by atoms with Gasteiger partial charge in [0.25, 0.3) is 0 Å². The van der Waals surface area contributed by atoms with Crippen LogP contribution >= 0.6 is 0 Å². The maximum absolute atomic E-state index is 11.5. The lowest BCUT2D eigenvalue weighted by Crippen LogP contribution is -2.11. The summed E-state index contributed by atoms with van der Waals surface area (Å²) in [6.07, 6.45) is 1.27. The number of phenolic OH excluding ortho intramolecular Hbond substituents is 1. The highest BCUT2D eigenvalue weighted by molar-refractivity contribution is 5.69. The Morgan fingerprint density at radius 1 is 1.24 bits per heavy atom. The number of esters is 1. The van der Waals surface area contributed by atoms with Crippen LogP contribution in [0.5, 0.6) is 5.75 Å². The Morgan fingerprint density at radius 2 is 1.82 bits per heavy atom. The number of benzene rings is 1. The molecule has 94 valence electrons. The Bertz CT molecular complexity index is 360. The van der Waals surface area contributed by atoms with Crippen molar-refractivity contribution < 1.29 is 14.6 Å². The smallest absolute Gasteiger partial charge is 0.306 e. The summed E-state index contributed by atoms with van der Waals surface area (Å²) in [5.74, 6) is 0.0424. The summed E-state index contributed by atoms with van der Waals surface area (Å²) in [6.45, 7) is 6.56. The SMILES string of the molecule is CC(C)(C)CCC(=O)OCc1ccc(O)cc1. The van der Waals surface area contributed by atoms with Gasteiger partial charge in [0.1, 0.15) is 12.4 Å². The second kappa shape index (κ2) is 5.71. The number of hydrogen-bond acceptors (Lipinski definition) is 3. The Hall–Kier alpha value is -1.51. The zero-order valence-electron chi connectivity index (χ0n) is 10.7. The number of aromatic hydroxyl groups is 1. The molecule has 17 heavy (non-hydrogen) atoms. The normalized spacial score (nSPS) is 11.2. The van der Waals surface area contributed by atoms with Crippen LogP contribution in [-0.4, -0.2) is 11.1 Å². The van der Waals surface area contributed by atoms with E-state index in [4.69, 9.17) is 9.84 Å². The van der Waals surface area contributed by atoms with Crippen molar-refractivity contribution in [2.45, 2.75) is 40.2 Å². The van der Waals surface area contributed by atoms with Crippen molar-refractivity contribution in [1.29, 1.82) is 0 Å². The molecule has 1 aromatic carbocycles. The summed E-state index contributed by atoms with van der Waals surface area (Å²) >= 11 is 0. The van der Waals surface area contributed by atoms with Crippen LogP contribution in [0, 0.1) is 5.41 Å². The van der Waals surface area contributed by atoms with Crippen LogP contribution in [0.25, 0.3) is 0 Å². The summed E-state index contributed by atoms with van der Waals surface area (Å²) in [5.41, 5.74) is 1.03. The minimum absolute atomic E-state index is 0.150. The van der Waals surface area contributed by atoms with Crippen molar-refractivity contribution in [1.82, 2.24) is 0 Å². The van der Waals surface area contributed by atoms with Crippen LogP contribution in [0.2, 0.25) is 0 Å². The number of hydrogen-bond donors (Lipinski definition) is 1. The molecule has 1 N–H and O–H groups in total. The van der Waals surface area contributed by atoms with E-state index in [9.17, 15) is 4.79 Å². The van der Waals surface area contributed by atoms with Gasteiger partial charge >= 0.3 is 5.97 Å². The molecule has 0 fully saturated rings. The third-order valence-corrected chi connectivity index (χ3v) is 2.42. The van der Waals surface area contributed by atoms with Crippen molar-refractivity contribution >= 4 is 5.97 Å². The minimum Gasteiger partial charge on any atom is -0.508 e. The highest BCUT2D eigenvalue weighted by Gasteiger charge is 2.13. The van der Waals surface area contributed by atoms with E-state index >= 15 is 0 Å². The van der Waals surface area contributed by atoms with Gasteiger partial charge in [-0.1, -0.05) is 32.9 Å². The molecule has 0 radical (unpaired) electrons. The van der Waals surface area contributed by atoms with Gasteiger partial charge in [0, 0.05) is 6.42 Å². The third kappa shape index (κ3) is 5.95. The first kappa shape index (κ1) is 13.6. The van der Waals surface area contributed by atoms with E-state index in [1.54, 1.807) is 24.3 Å². The molecule has 0 aliphatic heterocycles. The first-order valence-corrected chi connectivity index (χ1v) is 5.80. The topological polar surface area (TPSA) is 46.5 Å². The standard InChI is InChI=1S/C14H20O3/c1-14(2,3)9-8-13(16)17-10-11-4-6-12(15)7-5-11/h4-7,15H,8-10H2,1-3H3. The molecule has 1 rings (SSSR count). The van der Waals surface area contributed by atoms with Crippen molar-refractivity contribution in [3.8, 4) is 5.75 Å². The average Bonchev–Trinajstić information content (AvgIpc) is 2.25. The molecular weight excluding hydrogens is 216 g/mol. The highest BCUT2D eigenvalue weighted by Crippen LogP contribution is 2.21. The fourth-order valence-electron chi connectivity index (χ4n) is 1.31. The average molecular weight is 236 g/mol. The predicted molar refractivity (Wildman–Crippen MR) is 66.6 cm³/mol.